The van der Waals surface area contributed by atoms with Crippen LogP contribution in [-0.2, 0) is 4.79 Å². The van der Waals surface area contributed by atoms with Crippen LogP contribution in [0, 0.1) is 41.4 Å². The van der Waals surface area contributed by atoms with E-state index >= 15 is 0 Å². The third-order valence-electron chi connectivity index (χ3n) is 10.2. The highest BCUT2D eigenvalue weighted by Crippen LogP contribution is 2.66. The number of carbonyl (C=O) groups is 1. The number of allylic oxidation sites excluding steroid dienone is 1. The Morgan fingerprint density at radius 1 is 0.933 bits per heavy atom. The van der Waals surface area contributed by atoms with Crippen LogP contribution in [0.3, 0.4) is 0 Å². The first-order chi connectivity index (χ1) is 14.3. The van der Waals surface area contributed by atoms with Crippen LogP contribution in [-0.4, -0.2) is 23.9 Å². The quantitative estimate of drug-likeness (QED) is 0.551. The molecule has 4 fully saturated rings. The van der Waals surface area contributed by atoms with Gasteiger partial charge in [-0.1, -0.05) is 55.8 Å². The fourth-order valence-corrected chi connectivity index (χ4v) is 8.41. The van der Waals surface area contributed by atoms with E-state index in [2.05, 4.69) is 69.1 Å². The molecular weight excluding hydrogens is 366 g/mol. The minimum absolute atomic E-state index is 0.336. The lowest BCUT2D eigenvalue weighted by molar-refractivity contribution is -0.157. The van der Waals surface area contributed by atoms with Crippen LogP contribution in [0.15, 0.2) is 30.3 Å². The zero-order valence-corrected chi connectivity index (χ0v) is 19.4. The first-order valence-electron chi connectivity index (χ1n) is 12.3. The van der Waals surface area contributed by atoms with E-state index in [1.54, 1.807) is 0 Å². The highest BCUT2D eigenvalue weighted by Gasteiger charge is 2.60. The molecule has 1 heterocycles. The molecule has 1 saturated heterocycles. The van der Waals surface area contributed by atoms with Gasteiger partial charge in [-0.05, 0) is 91.9 Å². The molecule has 7 atom stereocenters. The number of amides is 1. The smallest absolute Gasteiger partial charge is 0.222 e. The van der Waals surface area contributed by atoms with Crippen molar-refractivity contribution in [1.29, 1.82) is 0 Å². The summed E-state index contributed by atoms with van der Waals surface area (Å²) in [5.74, 6) is 3.63. The Hall–Kier alpha value is -1.57. The number of aryl methyl sites for hydroxylation is 1. The monoisotopic (exact) mass is 405 g/mol. The lowest BCUT2D eigenvalue weighted by atomic mass is 9.47. The molecule has 3 saturated carbocycles. The highest BCUT2D eigenvalue weighted by atomic mass is 16.2. The predicted octanol–water partition coefficient (Wildman–Crippen LogP) is 6.49. The van der Waals surface area contributed by atoms with Crippen molar-refractivity contribution >= 4 is 12.0 Å². The molecule has 0 N–H and O–H groups in total. The number of hydrogen-bond acceptors (Lipinski definition) is 1. The molecule has 1 amide bonds. The molecule has 3 aliphatic carbocycles. The van der Waals surface area contributed by atoms with E-state index in [1.165, 1.54) is 49.7 Å². The van der Waals surface area contributed by atoms with Crippen LogP contribution in [0.1, 0.15) is 76.3 Å². The molecule has 1 aliphatic heterocycles. The van der Waals surface area contributed by atoms with Crippen LogP contribution < -0.4 is 0 Å². The summed E-state index contributed by atoms with van der Waals surface area (Å²) in [6.45, 7) is 7.30. The molecule has 30 heavy (non-hydrogen) atoms. The molecule has 1 aromatic carbocycles. The van der Waals surface area contributed by atoms with E-state index in [0.717, 1.165) is 30.6 Å². The van der Waals surface area contributed by atoms with Gasteiger partial charge in [0.25, 0.3) is 0 Å². The molecule has 2 heteroatoms. The third kappa shape index (κ3) is 3.00. The van der Waals surface area contributed by atoms with E-state index in [1.807, 2.05) is 0 Å². The minimum Gasteiger partial charge on any atom is -0.342 e. The maximum Gasteiger partial charge on any atom is 0.222 e. The van der Waals surface area contributed by atoms with Gasteiger partial charge in [-0.2, -0.15) is 0 Å². The van der Waals surface area contributed by atoms with E-state index in [-0.39, 0.29) is 0 Å². The summed E-state index contributed by atoms with van der Waals surface area (Å²) in [7, 11) is 2.07. The SMILES string of the molecule is Cc1ccc(C=CC2CCC3C4CC[C@H]5N(C)C(=O)CCC5(C)C4CCC23C)cc1. The summed E-state index contributed by atoms with van der Waals surface area (Å²) in [5, 5.41) is 0. The van der Waals surface area contributed by atoms with Gasteiger partial charge in [-0.25, -0.2) is 0 Å². The number of piperidine rings is 1. The molecule has 2 nitrogen and oxygen atoms in total. The van der Waals surface area contributed by atoms with E-state index in [0.29, 0.717) is 28.7 Å². The van der Waals surface area contributed by atoms with Crippen molar-refractivity contribution in [2.75, 3.05) is 7.05 Å². The maximum absolute atomic E-state index is 12.4. The molecule has 162 valence electrons. The molecule has 4 aliphatic rings. The Morgan fingerprint density at radius 2 is 1.67 bits per heavy atom. The zero-order chi connectivity index (χ0) is 21.1. The number of carbonyl (C=O) groups excluding carboxylic acids is 1. The second-order valence-corrected chi connectivity index (χ2v) is 11.5. The number of benzene rings is 1. The van der Waals surface area contributed by atoms with Gasteiger partial charge in [0, 0.05) is 19.5 Å². The molecule has 0 aromatic heterocycles. The molecule has 5 rings (SSSR count). The number of rotatable bonds is 2. The van der Waals surface area contributed by atoms with Gasteiger partial charge >= 0.3 is 0 Å². The summed E-state index contributed by atoms with van der Waals surface area (Å²) in [6, 6.07) is 9.41. The van der Waals surface area contributed by atoms with Gasteiger partial charge in [0.1, 0.15) is 0 Å². The van der Waals surface area contributed by atoms with Crippen molar-refractivity contribution in [2.45, 2.75) is 78.2 Å². The minimum atomic E-state index is 0.336. The Labute approximate surface area is 183 Å². The molecule has 1 aromatic rings. The third-order valence-corrected chi connectivity index (χ3v) is 10.2. The molecular formula is C28H39NO. The number of hydrogen-bond donors (Lipinski definition) is 0. The van der Waals surface area contributed by atoms with Crippen molar-refractivity contribution in [2.24, 2.45) is 34.5 Å². The Bertz CT molecular complexity index is 841. The second-order valence-electron chi connectivity index (χ2n) is 11.5. The Kier molecular flexibility index (Phi) is 4.91. The summed E-state index contributed by atoms with van der Waals surface area (Å²) in [4.78, 5) is 14.5. The van der Waals surface area contributed by atoms with Gasteiger partial charge in [-0.3, -0.25) is 4.79 Å². The number of fused-ring (bicyclic) bond motifs is 5. The number of likely N-dealkylation sites (tertiary alicyclic amines) is 1. The van der Waals surface area contributed by atoms with Gasteiger partial charge in [0.05, 0.1) is 0 Å². The van der Waals surface area contributed by atoms with E-state index in [9.17, 15) is 4.79 Å². The fourth-order valence-electron chi connectivity index (χ4n) is 8.41. The first-order valence-corrected chi connectivity index (χ1v) is 12.3. The molecule has 0 spiro atoms. The maximum atomic E-state index is 12.4. The fraction of sp³-hybridized carbons (Fsp3) is 0.679. The van der Waals surface area contributed by atoms with Crippen LogP contribution >= 0.6 is 0 Å². The topological polar surface area (TPSA) is 20.3 Å². The summed E-state index contributed by atoms with van der Waals surface area (Å²) in [6.07, 6.45) is 14.8. The van der Waals surface area contributed by atoms with Gasteiger partial charge in [0.2, 0.25) is 5.91 Å². The largest absolute Gasteiger partial charge is 0.342 e. The van der Waals surface area contributed by atoms with Crippen LogP contribution in [0.4, 0.5) is 0 Å². The zero-order valence-electron chi connectivity index (χ0n) is 19.4. The second kappa shape index (κ2) is 7.24. The van der Waals surface area contributed by atoms with E-state index in [4.69, 9.17) is 0 Å². The van der Waals surface area contributed by atoms with Gasteiger partial charge in [-0.15, -0.1) is 0 Å². The van der Waals surface area contributed by atoms with Crippen molar-refractivity contribution in [1.82, 2.24) is 4.90 Å². The lowest BCUT2D eigenvalue weighted by Crippen LogP contribution is -2.61. The summed E-state index contributed by atoms with van der Waals surface area (Å²) >= 11 is 0. The van der Waals surface area contributed by atoms with Crippen molar-refractivity contribution in [3.05, 3.63) is 41.5 Å². The van der Waals surface area contributed by atoms with Crippen molar-refractivity contribution in [3.8, 4) is 0 Å². The summed E-state index contributed by atoms with van der Waals surface area (Å²) < 4.78 is 0. The average molecular weight is 406 g/mol. The average Bonchev–Trinajstić information content (AvgIpc) is 3.07. The molecule has 6 unspecified atom stereocenters. The van der Waals surface area contributed by atoms with Crippen LogP contribution in [0.5, 0.6) is 0 Å². The van der Waals surface area contributed by atoms with E-state index < -0.39 is 0 Å². The Morgan fingerprint density at radius 3 is 2.43 bits per heavy atom. The Balaban J connectivity index is 1.36. The molecule has 0 bridgehead atoms. The lowest BCUT2D eigenvalue weighted by Gasteiger charge is -2.61. The standard InChI is InChI=1S/C28H39NO/c1-19-5-7-20(8-6-19)9-10-21-11-13-23-22-12-14-25-28(3,18-16-26(30)29(25)4)24(22)15-17-27(21,23)2/h5-10,21-25H,11-18H2,1-4H3/t21?,22?,23?,24?,25-,27?,28?/m1/s1. The first kappa shape index (κ1) is 20.3. The van der Waals surface area contributed by atoms with Crippen molar-refractivity contribution in [3.63, 3.8) is 0 Å². The predicted molar refractivity (Wildman–Crippen MR) is 124 cm³/mol. The normalized spacial score (nSPS) is 43.4. The summed E-state index contributed by atoms with van der Waals surface area (Å²) in [5.41, 5.74) is 3.46. The number of nitrogens with zero attached hydrogens (tertiary/aromatic N) is 1. The highest BCUT2D eigenvalue weighted by molar-refractivity contribution is 5.77. The van der Waals surface area contributed by atoms with Gasteiger partial charge in [0.15, 0.2) is 0 Å². The van der Waals surface area contributed by atoms with Gasteiger partial charge < -0.3 is 4.90 Å². The van der Waals surface area contributed by atoms with Crippen molar-refractivity contribution < 1.29 is 4.79 Å². The van der Waals surface area contributed by atoms with Crippen LogP contribution in [0.25, 0.3) is 6.08 Å². The van der Waals surface area contributed by atoms with Crippen LogP contribution in [0.2, 0.25) is 0 Å². The molecule has 0 radical (unpaired) electrons.